The van der Waals surface area contributed by atoms with Gasteiger partial charge >= 0.3 is 0 Å². The molecule has 0 saturated carbocycles. The molecule has 3 rings (SSSR count). The van der Waals surface area contributed by atoms with Crippen LogP contribution in [-0.4, -0.2) is 48.1 Å². The zero-order valence-corrected chi connectivity index (χ0v) is 15.5. The SMILES string of the molecule is CN=C(NCc1sc(C)nc1C)NC1CC2CCCC(C1)N2C. The minimum Gasteiger partial charge on any atom is -0.354 e. The van der Waals surface area contributed by atoms with Crippen LogP contribution in [0.2, 0.25) is 0 Å². The maximum Gasteiger partial charge on any atom is 0.191 e. The van der Waals surface area contributed by atoms with Gasteiger partial charge in [-0.05, 0) is 46.6 Å². The van der Waals surface area contributed by atoms with Gasteiger partial charge in [-0.1, -0.05) is 6.42 Å². The zero-order valence-electron chi connectivity index (χ0n) is 14.7. The van der Waals surface area contributed by atoms with E-state index in [1.54, 1.807) is 11.3 Å². The van der Waals surface area contributed by atoms with Crippen molar-refractivity contribution in [2.24, 2.45) is 4.99 Å². The van der Waals surface area contributed by atoms with Crippen LogP contribution >= 0.6 is 11.3 Å². The molecule has 1 aromatic rings. The lowest BCUT2D eigenvalue weighted by Crippen LogP contribution is -2.56. The number of nitrogens with one attached hydrogen (secondary N) is 2. The molecule has 2 unspecified atom stereocenters. The third-order valence-corrected chi connectivity index (χ3v) is 6.39. The molecule has 0 radical (unpaired) electrons. The van der Waals surface area contributed by atoms with Crippen molar-refractivity contribution in [3.05, 3.63) is 15.6 Å². The lowest BCUT2D eigenvalue weighted by molar-refractivity contribution is 0.0526. The summed E-state index contributed by atoms with van der Waals surface area (Å²) in [5.41, 5.74) is 1.13. The van der Waals surface area contributed by atoms with Gasteiger partial charge in [0.15, 0.2) is 5.96 Å². The summed E-state index contributed by atoms with van der Waals surface area (Å²) in [5, 5.41) is 8.24. The Kier molecular flexibility index (Phi) is 5.21. The molecular weight excluding hydrogens is 306 g/mol. The molecule has 2 atom stereocenters. The first-order valence-corrected chi connectivity index (χ1v) is 9.50. The van der Waals surface area contributed by atoms with Gasteiger partial charge in [0.1, 0.15) is 0 Å². The number of nitrogens with zero attached hydrogens (tertiary/aromatic N) is 3. The zero-order chi connectivity index (χ0) is 16.4. The number of hydrogen-bond donors (Lipinski definition) is 2. The summed E-state index contributed by atoms with van der Waals surface area (Å²) >= 11 is 1.76. The summed E-state index contributed by atoms with van der Waals surface area (Å²) < 4.78 is 0. The van der Waals surface area contributed by atoms with Gasteiger partial charge in [-0.25, -0.2) is 4.98 Å². The predicted octanol–water partition coefficient (Wildman–Crippen LogP) is 2.44. The van der Waals surface area contributed by atoms with E-state index < -0.39 is 0 Å². The Morgan fingerprint density at radius 2 is 2.00 bits per heavy atom. The van der Waals surface area contributed by atoms with E-state index in [1.807, 2.05) is 7.05 Å². The fourth-order valence-electron chi connectivity index (χ4n) is 4.02. The first-order valence-electron chi connectivity index (χ1n) is 8.69. The number of aliphatic imine (C=N–C) groups is 1. The third-order valence-electron chi connectivity index (χ3n) is 5.32. The molecular formula is C17H29N5S. The molecule has 2 N–H and O–H groups in total. The van der Waals surface area contributed by atoms with Crippen LogP contribution < -0.4 is 10.6 Å². The first kappa shape index (κ1) is 16.7. The summed E-state index contributed by atoms with van der Waals surface area (Å²) in [6, 6.07) is 2.02. The number of thiazole rings is 1. The normalized spacial score (nSPS) is 28.7. The van der Waals surface area contributed by atoms with E-state index in [4.69, 9.17) is 0 Å². The molecule has 3 heterocycles. The van der Waals surface area contributed by atoms with Crippen LogP contribution in [-0.2, 0) is 6.54 Å². The molecule has 2 fully saturated rings. The van der Waals surface area contributed by atoms with Crippen LogP contribution in [0.1, 0.15) is 47.7 Å². The van der Waals surface area contributed by atoms with Crippen molar-refractivity contribution in [3.63, 3.8) is 0 Å². The number of fused-ring (bicyclic) bond motifs is 2. The van der Waals surface area contributed by atoms with E-state index in [0.717, 1.165) is 35.3 Å². The Bertz CT molecular complexity index is 553. The lowest BCUT2D eigenvalue weighted by Gasteiger charge is -2.47. The predicted molar refractivity (Wildman–Crippen MR) is 97.1 cm³/mol. The Balaban J connectivity index is 1.54. The molecule has 0 amide bonds. The molecule has 0 aliphatic carbocycles. The van der Waals surface area contributed by atoms with Crippen molar-refractivity contribution >= 4 is 17.3 Å². The molecule has 5 nitrogen and oxygen atoms in total. The summed E-state index contributed by atoms with van der Waals surface area (Å²) in [6.07, 6.45) is 6.54. The molecule has 2 saturated heterocycles. The van der Waals surface area contributed by atoms with E-state index in [9.17, 15) is 0 Å². The highest BCUT2D eigenvalue weighted by atomic mass is 32.1. The fraction of sp³-hybridized carbons (Fsp3) is 0.765. The fourth-order valence-corrected chi connectivity index (χ4v) is 4.90. The Labute approximate surface area is 143 Å². The van der Waals surface area contributed by atoms with Gasteiger partial charge in [-0.3, -0.25) is 4.99 Å². The van der Waals surface area contributed by atoms with Crippen LogP contribution in [0.5, 0.6) is 0 Å². The molecule has 23 heavy (non-hydrogen) atoms. The van der Waals surface area contributed by atoms with Crippen molar-refractivity contribution in [3.8, 4) is 0 Å². The van der Waals surface area contributed by atoms with E-state index in [-0.39, 0.29) is 0 Å². The number of rotatable bonds is 3. The summed E-state index contributed by atoms with van der Waals surface area (Å²) in [5.74, 6) is 0.920. The molecule has 0 spiro atoms. The standard InChI is InChI=1S/C17H29N5S/c1-11-16(23-12(2)20-11)10-19-17(18-3)21-13-8-14-6-5-7-15(9-13)22(14)4/h13-15H,5-10H2,1-4H3,(H2,18,19,21). The maximum absolute atomic E-state index is 4.49. The third kappa shape index (κ3) is 3.86. The minimum absolute atomic E-state index is 0.539. The number of piperidine rings is 2. The minimum atomic E-state index is 0.539. The van der Waals surface area contributed by atoms with E-state index in [1.165, 1.54) is 37.0 Å². The van der Waals surface area contributed by atoms with Crippen LogP contribution in [0.4, 0.5) is 0 Å². The Hall–Kier alpha value is -1.14. The van der Waals surface area contributed by atoms with E-state index >= 15 is 0 Å². The van der Waals surface area contributed by atoms with Gasteiger partial charge in [-0.2, -0.15) is 0 Å². The second-order valence-electron chi connectivity index (χ2n) is 6.88. The highest BCUT2D eigenvalue weighted by Crippen LogP contribution is 2.32. The average molecular weight is 336 g/mol. The van der Waals surface area contributed by atoms with Crippen LogP contribution in [0.25, 0.3) is 0 Å². The molecule has 2 aliphatic heterocycles. The lowest BCUT2D eigenvalue weighted by atomic mass is 9.82. The van der Waals surface area contributed by atoms with Crippen molar-refractivity contribution in [2.45, 2.75) is 70.6 Å². The topological polar surface area (TPSA) is 52.6 Å². The Morgan fingerprint density at radius 1 is 1.30 bits per heavy atom. The summed E-state index contributed by atoms with van der Waals surface area (Å²) in [6.45, 7) is 4.94. The molecule has 128 valence electrons. The summed E-state index contributed by atoms with van der Waals surface area (Å²) in [4.78, 5) is 12.8. The molecule has 2 bridgehead atoms. The Morgan fingerprint density at radius 3 is 2.57 bits per heavy atom. The second-order valence-corrected chi connectivity index (χ2v) is 8.17. The number of guanidine groups is 1. The van der Waals surface area contributed by atoms with Crippen molar-refractivity contribution in [2.75, 3.05) is 14.1 Å². The number of aryl methyl sites for hydroxylation is 2. The van der Waals surface area contributed by atoms with Gasteiger partial charge in [0, 0.05) is 30.1 Å². The molecule has 6 heteroatoms. The van der Waals surface area contributed by atoms with Crippen LogP contribution in [0.15, 0.2) is 4.99 Å². The molecule has 0 aromatic carbocycles. The van der Waals surface area contributed by atoms with Crippen molar-refractivity contribution in [1.82, 2.24) is 20.5 Å². The van der Waals surface area contributed by atoms with Gasteiger partial charge in [0.25, 0.3) is 0 Å². The first-order chi connectivity index (χ1) is 11.1. The van der Waals surface area contributed by atoms with Gasteiger partial charge in [0.2, 0.25) is 0 Å². The van der Waals surface area contributed by atoms with Crippen LogP contribution in [0, 0.1) is 13.8 Å². The highest BCUT2D eigenvalue weighted by Gasteiger charge is 2.36. The monoisotopic (exact) mass is 335 g/mol. The average Bonchev–Trinajstić information content (AvgIpc) is 2.82. The summed E-state index contributed by atoms with van der Waals surface area (Å²) in [7, 11) is 4.16. The van der Waals surface area contributed by atoms with E-state index in [0.29, 0.717) is 6.04 Å². The molecule has 1 aromatic heterocycles. The van der Waals surface area contributed by atoms with Gasteiger partial charge in [-0.15, -0.1) is 11.3 Å². The van der Waals surface area contributed by atoms with Crippen molar-refractivity contribution < 1.29 is 0 Å². The quantitative estimate of drug-likeness (QED) is 0.658. The van der Waals surface area contributed by atoms with Crippen LogP contribution in [0.3, 0.4) is 0 Å². The number of hydrogen-bond acceptors (Lipinski definition) is 4. The second kappa shape index (κ2) is 7.18. The highest BCUT2D eigenvalue weighted by molar-refractivity contribution is 7.11. The van der Waals surface area contributed by atoms with E-state index in [2.05, 4.69) is 46.4 Å². The maximum atomic E-state index is 4.49. The molecule has 2 aliphatic rings. The van der Waals surface area contributed by atoms with Gasteiger partial charge < -0.3 is 15.5 Å². The number of aromatic nitrogens is 1. The van der Waals surface area contributed by atoms with Gasteiger partial charge in [0.05, 0.1) is 17.2 Å². The smallest absolute Gasteiger partial charge is 0.191 e. The largest absolute Gasteiger partial charge is 0.354 e. The van der Waals surface area contributed by atoms with Crippen molar-refractivity contribution in [1.29, 1.82) is 0 Å².